The van der Waals surface area contributed by atoms with Crippen molar-refractivity contribution in [2.45, 2.75) is 14.7 Å². The average Bonchev–Trinajstić information content (AvgIpc) is 2.24. The van der Waals surface area contributed by atoms with E-state index in [-0.39, 0.29) is 0 Å². The van der Waals surface area contributed by atoms with Crippen molar-refractivity contribution in [2.75, 3.05) is 0 Å². The standard InChI is InChI=1S/C6H3F3O9S3/c7-1-4(19-18-17-10)2(8)6(21(14,15)16)3(9)5(1)20(11,12)13/h10H,(H,11,12,13)(H,14,15,16). The molecule has 0 saturated carbocycles. The van der Waals surface area contributed by atoms with E-state index in [2.05, 4.69) is 9.37 Å². The normalized spacial score (nSPS) is 12.7. The van der Waals surface area contributed by atoms with Crippen molar-refractivity contribution in [2.24, 2.45) is 0 Å². The van der Waals surface area contributed by atoms with Crippen molar-refractivity contribution in [3.63, 3.8) is 0 Å². The maximum Gasteiger partial charge on any atom is 0.300 e. The summed E-state index contributed by atoms with van der Waals surface area (Å²) in [6.45, 7) is 0. The lowest BCUT2D eigenvalue weighted by atomic mass is 10.3. The predicted molar refractivity (Wildman–Crippen MR) is 56.6 cm³/mol. The van der Waals surface area contributed by atoms with E-state index in [4.69, 9.17) is 14.4 Å². The highest BCUT2D eigenvalue weighted by Gasteiger charge is 2.37. The molecule has 9 nitrogen and oxygen atoms in total. The molecule has 15 heteroatoms. The molecule has 0 aliphatic heterocycles. The largest absolute Gasteiger partial charge is 0.300 e. The fourth-order valence-corrected chi connectivity index (χ4v) is 3.13. The van der Waals surface area contributed by atoms with E-state index in [9.17, 15) is 30.0 Å². The lowest BCUT2D eigenvalue weighted by molar-refractivity contribution is -0.432. The van der Waals surface area contributed by atoms with Crippen molar-refractivity contribution in [1.82, 2.24) is 0 Å². The Balaban J connectivity index is 3.93. The van der Waals surface area contributed by atoms with Crippen molar-refractivity contribution in [1.29, 1.82) is 0 Å². The summed E-state index contributed by atoms with van der Waals surface area (Å²) in [5.74, 6) is -7.13. The van der Waals surface area contributed by atoms with Crippen LogP contribution >= 0.6 is 12.0 Å². The van der Waals surface area contributed by atoms with Gasteiger partial charge in [-0.2, -0.15) is 16.8 Å². The second-order valence-electron chi connectivity index (χ2n) is 3.11. The first kappa shape index (κ1) is 18.1. The van der Waals surface area contributed by atoms with Crippen molar-refractivity contribution in [3.05, 3.63) is 17.5 Å². The molecule has 0 aliphatic carbocycles. The zero-order valence-corrected chi connectivity index (χ0v) is 11.6. The summed E-state index contributed by atoms with van der Waals surface area (Å²) in [5, 5.41) is 10.8. The Morgan fingerprint density at radius 3 is 1.52 bits per heavy atom. The topological polar surface area (TPSA) is 147 Å². The van der Waals surface area contributed by atoms with Gasteiger partial charge in [0.15, 0.2) is 27.2 Å². The summed E-state index contributed by atoms with van der Waals surface area (Å²) < 4.78 is 105. The van der Waals surface area contributed by atoms with Crippen molar-refractivity contribution < 1.29 is 53.7 Å². The van der Waals surface area contributed by atoms with Crippen LogP contribution < -0.4 is 0 Å². The smallest absolute Gasteiger partial charge is 0.282 e. The molecule has 0 aliphatic rings. The molecular formula is C6H3F3O9S3. The molecule has 21 heavy (non-hydrogen) atoms. The zero-order chi connectivity index (χ0) is 16.6. The highest BCUT2D eigenvalue weighted by molar-refractivity contribution is 7.94. The summed E-state index contributed by atoms with van der Waals surface area (Å²) in [7, 11) is -11.4. The molecule has 1 rings (SSSR count). The third-order valence-corrected chi connectivity index (χ3v) is 4.26. The molecule has 0 amide bonds. The van der Waals surface area contributed by atoms with E-state index in [1.807, 2.05) is 0 Å². The van der Waals surface area contributed by atoms with Gasteiger partial charge in [0.2, 0.25) is 0 Å². The molecule has 1 aromatic rings. The van der Waals surface area contributed by atoms with Crippen LogP contribution in [0.15, 0.2) is 14.7 Å². The molecule has 0 atom stereocenters. The number of benzene rings is 1. The third-order valence-electron chi connectivity index (χ3n) is 1.86. The van der Waals surface area contributed by atoms with Crippen LogP contribution in [0.1, 0.15) is 0 Å². The monoisotopic (exact) mass is 372 g/mol. The molecule has 0 saturated heterocycles. The average molecular weight is 372 g/mol. The fourth-order valence-electron chi connectivity index (χ4n) is 1.17. The molecule has 0 bridgehead atoms. The van der Waals surface area contributed by atoms with E-state index in [1.165, 1.54) is 0 Å². The van der Waals surface area contributed by atoms with Gasteiger partial charge in [0.1, 0.15) is 4.90 Å². The van der Waals surface area contributed by atoms with Crippen LogP contribution in [0.4, 0.5) is 13.2 Å². The van der Waals surface area contributed by atoms with Gasteiger partial charge in [-0.05, 0) is 0 Å². The minimum atomic E-state index is -5.68. The maximum atomic E-state index is 13.6. The number of hydrogen-bond donors (Lipinski definition) is 3. The third kappa shape index (κ3) is 3.64. The van der Waals surface area contributed by atoms with Crippen LogP contribution in [0.3, 0.4) is 0 Å². The van der Waals surface area contributed by atoms with Gasteiger partial charge >= 0.3 is 20.2 Å². The Morgan fingerprint density at radius 1 is 0.857 bits per heavy atom. The molecule has 120 valence electrons. The quantitative estimate of drug-likeness (QED) is 0.296. The summed E-state index contributed by atoms with van der Waals surface area (Å²) >= 11 is -0.597. The molecule has 3 N–H and O–H groups in total. The fraction of sp³-hybridized carbons (Fsp3) is 0. The van der Waals surface area contributed by atoms with Gasteiger partial charge in [0.05, 0.1) is 12.0 Å². The second kappa shape index (κ2) is 6.05. The number of rotatable bonds is 5. The highest BCUT2D eigenvalue weighted by atomic mass is 32.2. The molecule has 0 fully saturated rings. The zero-order valence-electron chi connectivity index (χ0n) is 9.15. The minimum absolute atomic E-state index is 0.597. The SMILES string of the molecule is O=S(=O)(O)c1c(F)c(SOOO)c(F)c(S(=O)(=O)O)c1F. The molecule has 0 heterocycles. The van der Waals surface area contributed by atoms with E-state index < -0.39 is 64.4 Å². The van der Waals surface area contributed by atoms with Gasteiger partial charge in [0, 0.05) is 0 Å². The van der Waals surface area contributed by atoms with Crippen LogP contribution in [0.25, 0.3) is 0 Å². The van der Waals surface area contributed by atoms with Crippen LogP contribution in [-0.2, 0) is 29.6 Å². The first-order valence-electron chi connectivity index (χ1n) is 4.23. The maximum absolute atomic E-state index is 13.6. The summed E-state index contributed by atoms with van der Waals surface area (Å²) in [6, 6.07) is 0. The van der Waals surface area contributed by atoms with E-state index in [1.54, 1.807) is 0 Å². The Hall–Kier alpha value is -0.940. The molecule has 0 aromatic heterocycles. The van der Waals surface area contributed by atoms with Crippen LogP contribution in [0, 0.1) is 17.5 Å². The lowest BCUT2D eigenvalue weighted by Crippen LogP contribution is -2.15. The highest BCUT2D eigenvalue weighted by Crippen LogP contribution is 2.36. The second-order valence-corrected chi connectivity index (χ2v) is 6.53. The van der Waals surface area contributed by atoms with Gasteiger partial charge in [-0.1, -0.05) is 5.04 Å². The Kier molecular flexibility index (Phi) is 5.22. The van der Waals surface area contributed by atoms with Gasteiger partial charge in [-0.25, -0.2) is 18.4 Å². The van der Waals surface area contributed by atoms with Crippen molar-refractivity contribution >= 4 is 32.3 Å². The first-order chi connectivity index (χ1) is 9.42. The molecule has 0 radical (unpaired) electrons. The van der Waals surface area contributed by atoms with Crippen LogP contribution in [0.5, 0.6) is 0 Å². The van der Waals surface area contributed by atoms with Crippen LogP contribution in [-0.4, -0.2) is 31.2 Å². The van der Waals surface area contributed by atoms with Gasteiger partial charge < -0.3 is 0 Å². The summed E-state index contributed by atoms with van der Waals surface area (Å²) in [4.78, 5) is -6.13. The predicted octanol–water partition coefficient (Wildman–Crippen LogP) is 1.03. The van der Waals surface area contributed by atoms with Gasteiger partial charge in [-0.15, -0.1) is 4.33 Å². The van der Waals surface area contributed by atoms with Crippen molar-refractivity contribution in [3.8, 4) is 0 Å². The Morgan fingerprint density at radius 2 is 1.24 bits per heavy atom. The molecular weight excluding hydrogens is 369 g/mol. The van der Waals surface area contributed by atoms with Gasteiger partial charge in [0.25, 0.3) is 0 Å². The molecule has 0 unspecified atom stereocenters. The number of halogens is 3. The van der Waals surface area contributed by atoms with E-state index in [0.29, 0.717) is 0 Å². The first-order valence-corrected chi connectivity index (χ1v) is 7.85. The number of hydrogen-bond acceptors (Lipinski definition) is 8. The Bertz CT molecular complexity index is 713. The minimum Gasteiger partial charge on any atom is -0.282 e. The summed E-state index contributed by atoms with van der Waals surface area (Å²) in [5.41, 5.74) is 0. The van der Waals surface area contributed by atoms with E-state index >= 15 is 0 Å². The Labute approximate surface area is 118 Å². The van der Waals surface area contributed by atoms with E-state index in [0.717, 1.165) is 0 Å². The molecule has 0 spiro atoms. The van der Waals surface area contributed by atoms with Crippen LogP contribution in [0.2, 0.25) is 0 Å². The van der Waals surface area contributed by atoms with Gasteiger partial charge in [-0.3, -0.25) is 9.11 Å². The molecule has 1 aromatic carbocycles. The summed E-state index contributed by atoms with van der Waals surface area (Å²) in [6.07, 6.45) is 0. The lowest BCUT2D eigenvalue weighted by Gasteiger charge is -2.11.